The number of carboxylic acids is 1. The summed E-state index contributed by atoms with van der Waals surface area (Å²) in [6.45, 7) is 0.958. The highest BCUT2D eigenvalue weighted by Gasteiger charge is 2.51. The summed E-state index contributed by atoms with van der Waals surface area (Å²) < 4.78 is 0. The third-order valence-electron chi connectivity index (χ3n) is 4.47. The zero-order chi connectivity index (χ0) is 15.7. The van der Waals surface area contributed by atoms with Crippen LogP contribution in [0.1, 0.15) is 12.8 Å². The van der Waals surface area contributed by atoms with E-state index in [1.54, 1.807) is 0 Å². The summed E-state index contributed by atoms with van der Waals surface area (Å²) in [6, 6.07) is 9.62. The minimum atomic E-state index is -1.45. The van der Waals surface area contributed by atoms with Gasteiger partial charge in [0.05, 0.1) is 6.67 Å². The Morgan fingerprint density at radius 2 is 1.77 bits per heavy atom. The lowest BCUT2D eigenvalue weighted by Crippen LogP contribution is -2.57. The van der Waals surface area contributed by atoms with E-state index in [4.69, 9.17) is 5.11 Å². The van der Waals surface area contributed by atoms with Gasteiger partial charge in [0, 0.05) is 18.8 Å². The third-order valence-corrected chi connectivity index (χ3v) is 4.47. The standard InChI is InChI=1S/C15H17N3O4/c19-12(13(20)21)17-8-6-15(7-9-17)14(22)16-10-18(15)11-4-2-1-3-5-11/h1-5H,6-10H2,(H,16,22)(H,20,21). The second-order valence-electron chi connectivity index (χ2n) is 5.56. The first-order valence-electron chi connectivity index (χ1n) is 7.18. The Kier molecular flexibility index (Phi) is 3.48. The maximum absolute atomic E-state index is 12.4. The first kappa shape index (κ1) is 14.4. The Labute approximate surface area is 127 Å². The maximum Gasteiger partial charge on any atom is 0.394 e. The van der Waals surface area contributed by atoms with Crippen LogP contribution in [0, 0.1) is 0 Å². The van der Waals surface area contributed by atoms with Gasteiger partial charge >= 0.3 is 11.9 Å². The molecule has 116 valence electrons. The molecule has 0 aliphatic carbocycles. The number of carbonyl (C=O) groups excluding carboxylic acids is 2. The number of amides is 2. The van der Waals surface area contributed by atoms with Gasteiger partial charge in [0.25, 0.3) is 0 Å². The van der Waals surface area contributed by atoms with E-state index >= 15 is 0 Å². The molecule has 7 nitrogen and oxygen atoms in total. The fourth-order valence-corrected chi connectivity index (χ4v) is 3.25. The fourth-order valence-electron chi connectivity index (χ4n) is 3.25. The molecule has 2 N–H and O–H groups in total. The van der Waals surface area contributed by atoms with Crippen molar-refractivity contribution >= 4 is 23.5 Å². The van der Waals surface area contributed by atoms with Crippen LogP contribution in [0.25, 0.3) is 0 Å². The van der Waals surface area contributed by atoms with Crippen LogP contribution in [0.15, 0.2) is 30.3 Å². The number of para-hydroxylation sites is 1. The van der Waals surface area contributed by atoms with Gasteiger partial charge in [-0.15, -0.1) is 0 Å². The van der Waals surface area contributed by atoms with Crippen LogP contribution in [-0.4, -0.2) is 53.1 Å². The average molecular weight is 303 g/mol. The number of carbonyl (C=O) groups is 3. The molecule has 2 saturated heterocycles. The van der Waals surface area contributed by atoms with Gasteiger partial charge < -0.3 is 20.2 Å². The summed E-state index contributed by atoms with van der Waals surface area (Å²) in [6.07, 6.45) is 0.847. The molecule has 0 aromatic heterocycles. The van der Waals surface area contributed by atoms with Gasteiger partial charge in [0.15, 0.2) is 0 Å². The van der Waals surface area contributed by atoms with E-state index in [1.165, 1.54) is 4.90 Å². The van der Waals surface area contributed by atoms with Crippen molar-refractivity contribution < 1.29 is 19.5 Å². The normalized spacial score (nSPS) is 20.1. The Hall–Kier alpha value is -2.57. The number of hydrogen-bond donors (Lipinski definition) is 2. The van der Waals surface area contributed by atoms with E-state index in [1.807, 2.05) is 35.2 Å². The highest BCUT2D eigenvalue weighted by atomic mass is 16.4. The molecule has 2 amide bonds. The first-order valence-corrected chi connectivity index (χ1v) is 7.18. The molecule has 1 aromatic carbocycles. The van der Waals surface area contributed by atoms with Crippen LogP contribution in [0.2, 0.25) is 0 Å². The second-order valence-corrected chi connectivity index (χ2v) is 5.56. The zero-order valence-electron chi connectivity index (χ0n) is 12.0. The Balaban J connectivity index is 1.81. The van der Waals surface area contributed by atoms with E-state index < -0.39 is 17.4 Å². The van der Waals surface area contributed by atoms with Crippen LogP contribution < -0.4 is 10.2 Å². The molecule has 7 heteroatoms. The summed E-state index contributed by atoms with van der Waals surface area (Å²) in [5.41, 5.74) is 0.246. The van der Waals surface area contributed by atoms with Crippen molar-refractivity contribution in [2.75, 3.05) is 24.7 Å². The second kappa shape index (κ2) is 5.32. The van der Waals surface area contributed by atoms with E-state index in [0.29, 0.717) is 19.5 Å². The summed E-state index contributed by atoms with van der Waals surface area (Å²) in [5, 5.41) is 11.7. The number of hydrogen-bond acceptors (Lipinski definition) is 4. The lowest BCUT2D eigenvalue weighted by Gasteiger charge is -2.42. The molecule has 0 bridgehead atoms. The molecule has 0 saturated carbocycles. The summed E-state index contributed by atoms with van der Waals surface area (Å²) in [4.78, 5) is 38.0. The molecule has 1 aromatic rings. The largest absolute Gasteiger partial charge is 0.474 e. The average Bonchev–Trinajstić information content (AvgIpc) is 2.85. The van der Waals surface area contributed by atoms with Gasteiger partial charge in [-0.3, -0.25) is 9.59 Å². The van der Waals surface area contributed by atoms with Crippen molar-refractivity contribution in [1.82, 2.24) is 10.2 Å². The zero-order valence-corrected chi connectivity index (χ0v) is 12.0. The molecule has 1 spiro atoms. The van der Waals surface area contributed by atoms with Crippen LogP contribution in [0.5, 0.6) is 0 Å². The van der Waals surface area contributed by atoms with Crippen LogP contribution in [0.3, 0.4) is 0 Å². The number of carboxylic acid groups (broad SMARTS) is 1. The third kappa shape index (κ3) is 2.18. The molecule has 0 atom stereocenters. The predicted octanol–water partition coefficient (Wildman–Crippen LogP) is 0.0261. The van der Waals surface area contributed by atoms with Crippen molar-refractivity contribution in [2.24, 2.45) is 0 Å². The van der Waals surface area contributed by atoms with Crippen molar-refractivity contribution in [3.8, 4) is 0 Å². The summed E-state index contributed by atoms with van der Waals surface area (Å²) in [7, 11) is 0. The summed E-state index contributed by atoms with van der Waals surface area (Å²) in [5.74, 6) is -2.41. The van der Waals surface area contributed by atoms with Crippen molar-refractivity contribution in [1.29, 1.82) is 0 Å². The van der Waals surface area contributed by atoms with Gasteiger partial charge in [-0.1, -0.05) is 18.2 Å². The highest BCUT2D eigenvalue weighted by molar-refractivity contribution is 6.31. The molecule has 2 heterocycles. The monoisotopic (exact) mass is 303 g/mol. The minimum absolute atomic E-state index is 0.0567. The molecule has 2 aliphatic rings. The summed E-state index contributed by atoms with van der Waals surface area (Å²) >= 11 is 0. The molecule has 3 rings (SSSR count). The minimum Gasteiger partial charge on any atom is -0.474 e. The number of piperidine rings is 1. The van der Waals surface area contributed by atoms with E-state index in [-0.39, 0.29) is 19.0 Å². The molecular weight excluding hydrogens is 286 g/mol. The maximum atomic E-state index is 12.4. The van der Waals surface area contributed by atoms with Crippen molar-refractivity contribution in [3.05, 3.63) is 30.3 Å². The number of anilines is 1. The number of nitrogens with zero attached hydrogens (tertiary/aromatic N) is 2. The van der Waals surface area contributed by atoms with Crippen molar-refractivity contribution in [2.45, 2.75) is 18.4 Å². The SMILES string of the molecule is O=C(O)C(=O)N1CCC2(CC1)C(=O)NCN2c1ccccc1. The fraction of sp³-hybridized carbons (Fsp3) is 0.400. The molecule has 2 aliphatic heterocycles. The number of benzene rings is 1. The van der Waals surface area contributed by atoms with Crippen LogP contribution >= 0.6 is 0 Å². The van der Waals surface area contributed by atoms with Gasteiger partial charge in [0.2, 0.25) is 5.91 Å². The lowest BCUT2D eigenvalue weighted by atomic mass is 9.85. The van der Waals surface area contributed by atoms with Gasteiger partial charge in [0.1, 0.15) is 5.54 Å². The highest BCUT2D eigenvalue weighted by Crippen LogP contribution is 2.36. The van der Waals surface area contributed by atoms with Crippen molar-refractivity contribution in [3.63, 3.8) is 0 Å². The Morgan fingerprint density at radius 3 is 2.36 bits per heavy atom. The topological polar surface area (TPSA) is 90.0 Å². The van der Waals surface area contributed by atoms with Gasteiger partial charge in [-0.05, 0) is 25.0 Å². The van der Waals surface area contributed by atoms with Gasteiger partial charge in [-0.2, -0.15) is 0 Å². The molecule has 2 fully saturated rings. The Morgan fingerprint density at radius 1 is 1.14 bits per heavy atom. The molecular formula is C15H17N3O4. The smallest absolute Gasteiger partial charge is 0.394 e. The molecule has 22 heavy (non-hydrogen) atoms. The Bertz CT molecular complexity index is 608. The van der Waals surface area contributed by atoms with E-state index in [9.17, 15) is 14.4 Å². The number of rotatable bonds is 1. The number of aliphatic carboxylic acids is 1. The van der Waals surface area contributed by atoms with Crippen LogP contribution in [-0.2, 0) is 14.4 Å². The van der Waals surface area contributed by atoms with E-state index in [0.717, 1.165) is 5.69 Å². The quantitative estimate of drug-likeness (QED) is 0.714. The van der Waals surface area contributed by atoms with E-state index in [2.05, 4.69) is 5.32 Å². The predicted molar refractivity (Wildman–Crippen MR) is 78.1 cm³/mol. The molecule has 0 radical (unpaired) electrons. The molecule has 0 unspecified atom stereocenters. The number of likely N-dealkylation sites (tertiary alicyclic amines) is 1. The number of nitrogens with one attached hydrogen (secondary N) is 1. The van der Waals surface area contributed by atoms with Gasteiger partial charge in [-0.25, -0.2) is 4.79 Å². The van der Waals surface area contributed by atoms with Crippen LogP contribution in [0.4, 0.5) is 5.69 Å². The first-order chi connectivity index (χ1) is 10.5. The lowest BCUT2D eigenvalue weighted by molar-refractivity contribution is -0.156.